The maximum absolute atomic E-state index is 13.8. The van der Waals surface area contributed by atoms with Crippen molar-refractivity contribution in [1.29, 1.82) is 0 Å². The van der Waals surface area contributed by atoms with Crippen LogP contribution in [0.4, 0.5) is 10.1 Å². The fraction of sp³-hybridized carbons (Fsp3) is 0.447. The van der Waals surface area contributed by atoms with E-state index in [1.54, 1.807) is 25.2 Å². The number of fused-ring (bicyclic) bond motifs is 1. The van der Waals surface area contributed by atoms with E-state index in [4.69, 9.17) is 18.5 Å². The number of amides is 1. The summed E-state index contributed by atoms with van der Waals surface area (Å²) in [7, 11) is -2.78. The van der Waals surface area contributed by atoms with Crippen LogP contribution in [-0.4, -0.2) is 59.1 Å². The molecule has 1 saturated heterocycles. The highest BCUT2D eigenvalue weighted by Crippen LogP contribution is 2.48. The second kappa shape index (κ2) is 14.1. The van der Waals surface area contributed by atoms with Gasteiger partial charge in [0.15, 0.2) is 0 Å². The summed E-state index contributed by atoms with van der Waals surface area (Å²) in [5.74, 6) is -0.523. The first-order valence-corrected chi connectivity index (χ1v) is 19.0. The van der Waals surface area contributed by atoms with Crippen molar-refractivity contribution in [3.05, 3.63) is 89.2 Å². The Morgan fingerprint density at radius 2 is 1.70 bits per heavy atom. The highest BCUT2D eigenvalue weighted by atomic mass is 32.2. The molecule has 2 heterocycles. The maximum atomic E-state index is 13.8. The normalized spacial score (nSPS) is 17.6. The summed E-state index contributed by atoms with van der Waals surface area (Å²) in [6, 6.07) is 19.3. The van der Waals surface area contributed by atoms with Gasteiger partial charge in [0.2, 0.25) is 10.0 Å². The number of sulfonamides is 1. The highest BCUT2D eigenvalue weighted by Gasteiger charge is 2.51. The fourth-order valence-electron chi connectivity index (χ4n) is 6.52. The number of furan rings is 1. The van der Waals surface area contributed by atoms with Crippen molar-refractivity contribution in [3.63, 3.8) is 0 Å². The third-order valence-corrected chi connectivity index (χ3v) is 11.3. The molecule has 4 aromatic rings. The second-order valence-electron chi connectivity index (χ2n) is 14.5. The van der Waals surface area contributed by atoms with Crippen molar-refractivity contribution in [2.75, 3.05) is 30.8 Å². The lowest BCUT2D eigenvalue weighted by Gasteiger charge is -2.32. The number of ether oxygens (including phenoxy) is 1. The molecule has 50 heavy (non-hydrogen) atoms. The molecule has 1 unspecified atom stereocenters. The largest absolute Gasteiger partial charge is 0.458 e. The van der Waals surface area contributed by atoms with E-state index in [2.05, 4.69) is 5.32 Å². The minimum Gasteiger partial charge on any atom is -0.455 e. The van der Waals surface area contributed by atoms with E-state index < -0.39 is 34.2 Å². The first-order chi connectivity index (χ1) is 23.7. The van der Waals surface area contributed by atoms with Crippen molar-refractivity contribution < 1.29 is 36.1 Å². The molecule has 266 valence electrons. The Morgan fingerprint density at radius 1 is 1.04 bits per heavy atom. The summed E-state index contributed by atoms with van der Waals surface area (Å²) >= 11 is 0. The van der Waals surface area contributed by atoms with Gasteiger partial charge >= 0.3 is 7.12 Å². The van der Waals surface area contributed by atoms with Crippen LogP contribution in [0, 0.1) is 11.7 Å². The summed E-state index contributed by atoms with van der Waals surface area (Å²) in [6.45, 7) is 9.04. The minimum atomic E-state index is -3.80. The van der Waals surface area contributed by atoms with Crippen molar-refractivity contribution in [2.24, 2.45) is 5.92 Å². The number of hydrogen-bond acceptors (Lipinski definition) is 7. The molecule has 1 amide bonds. The third kappa shape index (κ3) is 7.78. The van der Waals surface area contributed by atoms with Gasteiger partial charge in [-0.1, -0.05) is 30.3 Å². The van der Waals surface area contributed by atoms with Crippen LogP contribution >= 0.6 is 0 Å². The number of nitrogens with one attached hydrogen (secondary N) is 1. The van der Waals surface area contributed by atoms with Crippen LogP contribution in [0.5, 0.6) is 0 Å². The van der Waals surface area contributed by atoms with Crippen molar-refractivity contribution >= 4 is 39.7 Å². The first kappa shape index (κ1) is 36.1. The quantitative estimate of drug-likeness (QED) is 0.107. The number of anilines is 1. The molecule has 1 aliphatic heterocycles. The van der Waals surface area contributed by atoms with Gasteiger partial charge in [-0.05, 0) is 107 Å². The van der Waals surface area contributed by atoms with E-state index in [1.807, 2.05) is 64.1 Å². The lowest BCUT2D eigenvalue weighted by Crippen LogP contribution is -2.41. The topological polar surface area (TPSA) is 107 Å². The van der Waals surface area contributed by atoms with Crippen LogP contribution in [0.25, 0.3) is 22.3 Å². The van der Waals surface area contributed by atoms with E-state index in [9.17, 15) is 17.6 Å². The molecule has 9 nitrogen and oxygen atoms in total. The van der Waals surface area contributed by atoms with Crippen molar-refractivity contribution in [1.82, 2.24) is 5.32 Å². The maximum Gasteiger partial charge on any atom is 0.458 e. The van der Waals surface area contributed by atoms with Gasteiger partial charge in [-0.25, -0.2) is 12.8 Å². The molecule has 1 N–H and O–H groups in total. The van der Waals surface area contributed by atoms with Gasteiger partial charge in [-0.2, -0.15) is 0 Å². The van der Waals surface area contributed by atoms with Gasteiger partial charge in [0.25, 0.3) is 5.91 Å². The van der Waals surface area contributed by atoms with E-state index >= 15 is 0 Å². The van der Waals surface area contributed by atoms with Crippen LogP contribution in [0.15, 0.2) is 71.1 Å². The van der Waals surface area contributed by atoms with Crippen LogP contribution in [0.2, 0.25) is 6.32 Å². The second-order valence-corrected chi connectivity index (χ2v) is 16.4. The Hall–Kier alpha value is -3.71. The van der Waals surface area contributed by atoms with Crippen LogP contribution in [0.3, 0.4) is 0 Å². The molecule has 1 atom stereocenters. The van der Waals surface area contributed by atoms with Gasteiger partial charge in [0, 0.05) is 37.2 Å². The number of nitrogens with zero attached hydrogens (tertiary/aromatic N) is 1. The van der Waals surface area contributed by atoms with Gasteiger partial charge in [-0.15, -0.1) is 0 Å². The zero-order chi connectivity index (χ0) is 35.8. The Labute approximate surface area is 294 Å². The smallest absolute Gasteiger partial charge is 0.455 e. The molecular formula is C38H46BFN2O7S. The Bertz CT molecular complexity index is 1930. The van der Waals surface area contributed by atoms with Crippen LogP contribution < -0.4 is 9.62 Å². The monoisotopic (exact) mass is 704 g/mol. The van der Waals surface area contributed by atoms with Crippen LogP contribution in [0.1, 0.15) is 74.4 Å². The van der Waals surface area contributed by atoms with Gasteiger partial charge in [0.1, 0.15) is 17.2 Å². The number of halogens is 1. The molecule has 0 radical (unpaired) electrons. The molecule has 0 spiro atoms. The molecule has 1 saturated carbocycles. The molecule has 1 aliphatic carbocycles. The van der Waals surface area contributed by atoms with E-state index in [0.29, 0.717) is 59.5 Å². The van der Waals surface area contributed by atoms with Gasteiger partial charge in [-0.3, -0.25) is 9.10 Å². The SMILES string of the molecule is CNC(=O)c1c(-c2ccc(F)cc2)oc2cc(N(CC(CCOCc3ccccc3)CB3OC(C)(C)C(C)(C)O3)S(C)(=O)=O)c(C3CC3)cc12. The van der Waals surface area contributed by atoms with Crippen molar-refractivity contribution in [3.8, 4) is 11.3 Å². The average Bonchev–Trinajstić information content (AvgIpc) is 3.80. The number of rotatable bonds is 14. The third-order valence-electron chi connectivity index (χ3n) is 10.1. The minimum absolute atomic E-state index is 0.135. The number of carbonyl (C=O) groups is 1. The predicted octanol–water partition coefficient (Wildman–Crippen LogP) is 7.56. The summed E-state index contributed by atoms with van der Waals surface area (Å²) < 4.78 is 67.9. The molecule has 1 aromatic heterocycles. The lowest BCUT2D eigenvalue weighted by atomic mass is 9.76. The average molecular weight is 705 g/mol. The van der Waals surface area contributed by atoms with Crippen molar-refractivity contribution in [2.45, 2.75) is 77.0 Å². The molecule has 6 rings (SSSR count). The summed E-state index contributed by atoms with van der Waals surface area (Å²) in [4.78, 5) is 13.3. The number of hydrogen-bond donors (Lipinski definition) is 1. The molecule has 12 heteroatoms. The summed E-state index contributed by atoms with van der Waals surface area (Å²) in [6.07, 6.45) is 4.05. The van der Waals surface area contributed by atoms with E-state index in [-0.39, 0.29) is 24.3 Å². The molecule has 3 aromatic carbocycles. The van der Waals surface area contributed by atoms with Gasteiger partial charge < -0.3 is 23.8 Å². The van der Waals surface area contributed by atoms with Gasteiger partial charge in [0.05, 0.1) is 35.3 Å². The molecule has 2 fully saturated rings. The summed E-state index contributed by atoms with van der Waals surface area (Å²) in [5.41, 5.74) is 2.59. The van der Waals surface area contributed by atoms with E-state index in [1.165, 1.54) is 22.7 Å². The zero-order valence-corrected chi connectivity index (χ0v) is 30.4. The van der Waals surface area contributed by atoms with Crippen LogP contribution in [-0.2, 0) is 30.7 Å². The zero-order valence-electron chi connectivity index (χ0n) is 29.6. The predicted molar refractivity (Wildman–Crippen MR) is 194 cm³/mol. The fourth-order valence-corrected chi connectivity index (χ4v) is 7.52. The molecule has 2 aliphatic rings. The molecular weight excluding hydrogens is 658 g/mol. The Kier molecular flexibility index (Phi) is 10.2. The molecule has 0 bridgehead atoms. The standard InChI is InChI=1S/C38H46BFN2O7S/c1-37(2)38(3,4)49-39(48-37)22-26(18-19-46-24-25-10-8-7-9-11-25)23-42(50(6,44)45)32-21-33-31(20-30(32)27-12-13-27)34(36(43)41-5)35(47-33)28-14-16-29(40)17-15-28/h7-11,14-17,20-21,26-27H,12-13,18-19,22-24H2,1-6H3,(H,41,43). The summed E-state index contributed by atoms with van der Waals surface area (Å²) in [5, 5.41) is 3.27. The van der Waals surface area contributed by atoms with E-state index in [0.717, 1.165) is 24.0 Å². The number of benzene rings is 3. The Morgan fingerprint density at radius 3 is 2.30 bits per heavy atom. The highest BCUT2D eigenvalue weighted by molar-refractivity contribution is 7.92. The Balaban J connectivity index is 1.37. The lowest BCUT2D eigenvalue weighted by molar-refractivity contribution is 0.00578. The first-order valence-electron chi connectivity index (χ1n) is 17.2. The number of carbonyl (C=O) groups excluding carboxylic acids is 1.